The lowest BCUT2D eigenvalue weighted by Gasteiger charge is -2.18. The summed E-state index contributed by atoms with van der Waals surface area (Å²) in [5.41, 5.74) is 1.28. The van der Waals surface area contributed by atoms with Gasteiger partial charge in [0.15, 0.2) is 5.16 Å². The monoisotopic (exact) mass is 365 g/mol. The van der Waals surface area contributed by atoms with Crippen LogP contribution in [0.4, 0.5) is 0 Å². The van der Waals surface area contributed by atoms with Gasteiger partial charge in [0.25, 0.3) is 5.56 Å². The number of carbonyl (C=O) groups is 1. The highest BCUT2D eigenvalue weighted by atomic mass is 32.2. The Bertz CT molecular complexity index is 838. The summed E-state index contributed by atoms with van der Waals surface area (Å²) >= 11 is 3.03. The Morgan fingerprint density at radius 2 is 2.17 bits per heavy atom. The van der Waals surface area contributed by atoms with Crippen molar-refractivity contribution in [3.05, 3.63) is 20.8 Å². The SMILES string of the molecule is CCCn1c(S[C@H](C)C(=O)N(C)C)nc2sc3c(c2c1=O)CCC3. The number of hydrogen-bond acceptors (Lipinski definition) is 5. The van der Waals surface area contributed by atoms with E-state index in [2.05, 4.69) is 6.92 Å². The lowest BCUT2D eigenvalue weighted by atomic mass is 10.2. The van der Waals surface area contributed by atoms with Gasteiger partial charge in [0.2, 0.25) is 5.91 Å². The van der Waals surface area contributed by atoms with Crippen molar-refractivity contribution in [2.45, 2.75) is 56.5 Å². The molecule has 0 radical (unpaired) electrons. The Kier molecular flexibility index (Phi) is 5.01. The first kappa shape index (κ1) is 17.5. The van der Waals surface area contributed by atoms with Gasteiger partial charge in [-0.15, -0.1) is 11.3 Å². The largest absolute Gasteiger partial charge is 0.348 e. The third-order valence-corrected chi connectivity index (χ3v) is 6.57. The molecule has 2 aromatic heterocycles. The standard InChI is InChI=1S/C17H23N3O2S2/c1-5-9-20-16(22)13-11-7-6-8-12(11)24-14(13)18-17(20)23-10(2)15(21)19(3)4/h10H,5-9H2,1-4H3/t10-/m1/s1. The van der Waals surface area contributed by atoms with E-state index in [0.29, 0.717) is 11.7 Å². The van der Waals surface area contributed by atoms with Crippen LogP contribution in [0, 0.1) is 0 Å². The van der Waals surface area contributed by atoms with Gasteiger partial charge in [-0.1, -0.05) is 18.7 Å². The highest BCUT2D eigenvalue weighted by molar-refractivity contribution is 8.00. The molecule has 1 aliphatic carbocycles. The molecule has 0 bridgehead atoms. The van der Waals surface area contributed by atoms with E-state index in [1.807, 2.05) is 6.92 Å². The van der Waals surface area contributed by atoms with Crippen molar-refractivity contribution in [3.8, 4) is 0 Å². The molecule has 1 atom stereocenters. The van der Waals surface area contributed by atoms with Gasteiger partial charge < -0.3 is 4.90 Å². The second-order valence-electron chi connectivity index (χ2n) is 6.38. The van der Waals surface area contributed by atoms with E-state index < -0.39 is 0 Å². The minimum Gasteiger partial charge on any atom is -0.348 e. The number of rotatable bonds is 5. The molecule has 0 aromatic carbocycles. The quantitative estimate of drug-likeness (QED) is 0.604. The molecule has 1 aliphatic rings. The molecule has 7 heteroatoms. The molecule has 0 fully saturated rings. The van der Waals surface area contributed by atoms with Crippen LogP contribution in [0.2, 0.25) is 0 Å². The van der Waals surface area contributed by atoms with Crippen LogP contribution in [0.25, 0.3) is 10.2 Å². The molecule has 24 heavy (non-hydrogen) atoms. The van der Waals surface area contributed by atoms with Crippen LogP contribution in [0.15, 0.2) is 9.95 Å². The van der Waals surface area contributed by atoms with Gasteiger partial charge in [-0.3, -0.25) is 14.2 Å². The molecule has 130 valence electrons. The smallest absolute Gasteiger partial charge is 0.263 e. The van der Waals surface area contributed by atoms with E-state index in [9.17, 15) is 9.59 Å². The Balaban J connectivity index is 2.08. The Morgan fingerprint density at radius 1 is 1.42 bits per heavy atom. The second kappa shape index (κ2) is 6.88. The van der Waals surface area contributed by atoms with Gasteiger partial charge in [-0.25, -0.2) is 4.98 Å². The first-order chi connectivity index (χ1) is 11.4. The van der Waals surface area contributed by atoms with Crippen LogP contribution in [0.3, 0.4) is 0 Å². The molecule has 0 spiro atoms. The van der Waals surface area contributed by atoms with Crippen LogP contribution in [-0.4, -0.2) is 39.7 Å². The van der Waals surface area contributed by atoms with Gasteiger partial charge in [-0.2, -0.15) is 0 Å². The summed E-state index contributed by atoms with van der Waals surface area (Å²) in [6.07, 6.45) is 4.04. The highest BCUT2D eigenvalue weighted by Crippen LogP contribution is 2.36. The van der Waals surface area contributed by atoms with Crippen molar-refractivity contribution in [2.24, 2.45) is 0 Å². The third kappa shape index (κ3) is 2.99. The van der Waals surface area contributed by atoms with Gasteiger partial charge in [-0.05, 0) is 38.2 Å². The molecule has 0 saturated heterocycles. The Morgan fingerprint density at radius 3 is 2.83 bits per heavy atom. The lowest BCUT2D eigenvalue weighted by Crippen LogP contribution is -2.31. The maximum absolute atomic E-state index is 13.1. The van der Waals surface area contributed by atoms with Gasteiger partial charge >= 0.3 is 0 Å². The number of hydrogen-bond donors (Lipinski definition) is 0. The van der Waals surface area contributed by atoms with Crippen LogP contribution < -0.4 is 5.56 Å². The fourth-order valence-electron chi connectivity index (χ4n) is 3.14. The molecule has 3 rings (SSSR count). The van der Waals surface area contributed by atoms with Crippen molar-refractivity contribution >= 4 is 39.2 Å². The van der Waals surface area contributed by atoms with Crippen molar-refractivity contribution in [1.29, 1.82) is 0 Å². The zero-order valence-electron chi connectivity index (χ0n) is 14.6. The van der Waals surface area contributed by atoms with Gasteiger partial charge in [0.05, 0.1) is 10.6 Å². The normalized spacial score (nSPS) is 14.8. The maximum atomic E-state index is 13.1. The summed E-state index contributed by atoms with van der Waals surface area (Å²) in [5, 5.41) is 1.22. The number of aromatic nitrogens is 2. The summed E-state index contributed by atoms with van der Waals surface area (Å²) in [6, 6.07) is 0. The number of aryl methyl sites for hydroxylation is 2. The second-order valence-corrected chi connectivity index (χ2v) is 8.77. The lowest BCUT2D eigenvalue weighted by molar-refractivity contribution is -0.127. The van der Waals surface area contributed by atoms with Crippen LogP contribution in [-0.2, 0) is 24.2 Å². The summed E-state index contributed by atoms with van der Waals surface area (Å²) in [5.74, 6) is 0.0334. The van der Waals surface area contributed by atoms with E-state index in [1.54, 1.807) is 34.9 Å². The number of amides is 1. The summed E-state index contributed by atoms with van der Waals surface area (Å²) in [7, 11) is 3.50. The van der Waals surface area contributed by atoms with E-state index in [4.69, 9.17) is 4.98 Å². The molecule has 0 unspecified atom stereocenters. The van der Waals surface area contributed by atoms with E-state index >= 15 is 0 Å². The molecular formula is C17H23N3O2S2. The summed E-state index contributed by atoms with van der Waals surface area (Å²) in [4.78, 5) is 33.7. The van der Waals surface area contributed by atoms with Crippen molar-refractivity contribution < 1.29 is 4.79 Å². The number of thiophene rings is 1. The van der Waals surface area contributed by atoms with Crippen molar-refractivity contribution in [3.63, 3.8) is 0 Å². The molecule has 1 amide bonds. The maximum Gasteiger partial charge on any atom is 0.263 e. The van der Waals surface area contributed by atoms with Crippen molar-refractivity contribution in [1.82, 2.24) is 14.5 Å². The summed E-state index contributed by atoms with van der Waals surface area (Å²) < 4.78 is 1.76. The van der Waals surface area contributed by atoms with Crippen LogP contribution >= 0.6 is 23.1 Å². The fourth-order valence-corrected chi connectivity index (χ4v) is 5.52. The number of thioether (sulfide) groups is 1. The molecule has 2 aromatic rings. The minimum absolute atomic E-state index is 0.0334. The average Bonchev–Trinajstić information content (AvgIpc) is 3.10. The Labute approximate surface area is 150 Å². The molecular weight excluding hydrogens is 342 g/mol. The zero-order valence-corrected chi connectivity index (χ0v) is 16.2. The molecule has 5 nitrogen and oxygen atoms in total. The van der Waals surface area contributed by atoms with E-state index in [0.717, 1.165) is 35.9 Å². The molecule has 0 N–H and O–H groups in total. The molecule has 0 aliphatic heterocycles. The van der Waals surface area contributed by atoms with Crippen LogP contribution in [0.5, 0.6) is 0 Å². The predicted octanol–water partition coefficient (Wildman–Crippen LogP) is 2.93. The predicted molar refractivity (Wildman–Crippen MR) is 100 cm³/mol. The highest BCUT2D eigenvalue weighted by Gasteiger charge is 2.25. The molecule has 2 heterocycles. The van der Waals surface area contributed by atoms with Gasteiger partial charge in [0, 0.05) is 25.5 Å². The third-order valence-electron chi connectivity index (χ3n) is 4.31. The van der Waals surface area contributed by atoms with Gasteiger partial charge in [0.1, 0.15) is 4.83 Å². The van der Waals surface area contributed by atoms with Crippen molar-refractivity contribution in [2.75, 3.05) is 14.1 Å². The number of nitrogens with zero attached hydrogens (tertiary/aromatic N) is 3. The first-order valence-corrected chi connectivity index (χ1v) is 10.1. The van der Waals surface area contributed by atoms with Crippen LogP contribution in [0.1, 0.15) is 37.1 Å². The van der Waals surface area contributed by atoms with E-state index in [1.165, 1.54) is 22.2 Å². The minimum atomic E-state index is -0.265. The Hall–Kier alpha value is -1.34. The molecule has 0 saturated carbocycles. The topological polar surface area (TPSA) is 55.2 Å². The number of carbonyl (C=O) groups excluding carboxylic acids is 1. The fraction of sp³-hybridized carbons (Fsp3) is 0.588. The summed E-state index contributed by atoms with van der Waals surface area (Å²) in [6.45, 7) is 4.56. The number of fused-ring (bicyclic) bond motifs is 3. The average molecular weight is 366 g/mol. The zero-order chi connectivity index (χ0) is 17.4. The van der Waals surface area contributed by atoms with E-state index in [-0.39, 0.29) is 16.7 Å². The first-order valence-electron chi connectivity index (χ1n) is 8.37.